The molecule has 0 unspecified atom stereocenters. The number of aliphatic imine (C=N–C) groups is 1. The van der Waals surface area contributed by atoms with Crippen molar-refractivity contribution >= 4 is 21.9 Å². The van der Waals surface area contributed by atoms with E-state index < -0.39 is 0 Å². The van der Waals surface area contributed by atoms with E-state index >= 15 is 0 Å². The van der Waals surface area contributed by atoms with Crippen LogP contribution in [0.25, 0.3) is 0 Å². The maximum absolute atomic E-state index is 13.7. The van der Waals surface area contributed by atoms with E-state index in [9.17, 15) is 4.39 Å². The van der Waals surface area contributed by atoms with Gasteiger partial charge in [0.2, 0.25) is 5.89 Å². The number of nitrogens with one attached hydrogen (secondary N) is 1. The Labute approximate surface area is 166 Å². The molecule has 146 valence electrons. The summed E-state index contributed by atoms with van der Waals surface area (Å²) in [4.78, 5) is 13.1. The van der Waals surface area contributed by atoms with Gasteiger partial charge in [0.05, 0.1) is 4.47 Å². The Bertz CT molecular complexity index is 788. The van der Waals surface area contributed by atoms with Gasteiger partial charge in [-0.2, -0.15) is 4.98 Å². The van der Waals surface area contributed by atoms with Crippen LogP contribution in [0.1, 0.15) is 17.3 Å². The van der Waals surface area contributed by atoms with E-state index in [0.29, 0.717) is 29.2 Å². The Morgan fingerprint density at radius 1 is 1.33 bits per heavy atom. The summed E-state index contributed by atoms with van der Waals surface area (Å²) >= 11 is 3.19. The predicted octanol–water partition coefficient (Wildman–Crippen LogP) is 2.22. The number of guanidine groups is 1. The monoisotopic (exact) mass is 438 g/mol. The summed E-state index contributed by atoms with van der Waals surface area (Å²) in [7, 11) is 1.79. The first-order valence-electron chi connectivity index (χ1n) is 8.96. The van der Waals surface area contributed by atoms with E-state index in [-0.39, 0.29) is 5.82 Å². The average Bonchev–Trinajstić information content (AvgIpc) is 3.08. The molecule has 0 radical (unpaired) electrons. The van der Waals surface area contributed by atoms with E-state index in [4.69, 9.17) is 4.52 Å². The van der Waals surface area contributed by atoms with E-state index in [1.807, 2.05) is 13.0 Å². The first-order chi connectivity index (χ1) is 13.0. The molecule has 9 heteroatoms. The van der Waals surface area contributed by atoms with E-state index in [0.717, 1.165) is 44.2 Å². The summed E-state index contributed by atoms with van der Waals surface area (Å²) < 4.78 is 19.3. The molecule has 0 aliphatic carbocycles. The molecule has 0 amide bonds. The Morgan fingerprint density at radius 3 is 2.74 bits per heavy atom. The molecule has 3 rings (SSSR count). The zero-order valence-corrected chi connectivity index (χ0v) is 17.2. The first kappa shape index (κ1) is 19.8. The van der Waals surface area contributed by atoms with Crippen LogP contribution in [-0.2, 0) is 13.0 Å². The van der Waals surface area contributed by atoms with Crippen LogP contribution in [-0.4, -0.2) is 65.7 Å². The molecule has 0 spiro atoms. The fraction of sp³-hybridized carbons (Fsp3) is 0.500. The van der Waals surface area contributed by atoms with E-state index in [1.165, 1.54) is 0 Å². The smallest absolute Gasteiger partial charge is 0.228 e. The van der Waals surface area contributed by atoms with Crippen LogP contribution in [0, 0.1) is 12.7 Å². The number of piperazine rings is 1. The van der Waals surface area contributed by atoms with Crippen LogP contribution in [0.3, 0.4) is 0 Å². The Balaban J connectivity index is 1.44. The molecule has 0 atom stereocenters. The fourth-order valence-electron chi connectivity index (χ4n) is 3.07. The van der Waals surface area contributed by atoms with Crippen molar-refractivity contribution < 1.29 is 8.91 Å². The van der Waals surface area contributed by atoms with Crippen molar-refractivity contribution in [2.75, 3.05) is 39.8 Å². The van der Waals surface area contributed by atoms with Gasteiger partial charge in [-0.15, -0.1) is 0 Å². The second-order valence-corrected chi connectivity index (χ2v) is 7.33. The standard InChI is InChI=1S/C18H24BrFN6O/c1-13-23-17(27-24-13)5-6-22-18(21-2)26-9-7-25(8-10-26)12-14-3-4-15(19)16(20)11-14/h3-4,11H,5-10,12H2,1-2H3,(H,21,22). The van der Waals surface area contributed by atoms with Crippen LogP contribution < -0.4 is 5.32 Å². The highest BCUT2D eigenvalue weighted by atomic mass is 79.9. The molecular formula is C18H24BrFN6O. The maximum atomic E-state index is 13.7. The molecule has 1 aliphatic heterocycles. The fourth-order valence-corrected chi connectivity index (χ4v) is 3.32. The van der Waals surface area contributed by atoms with Crippen molar-refractivity contribution in [1.29, 1.82) is 0 Å². The summed E-state index contributed by atoms with van der Waals surface area (Å²) in [5.41, 5.74) is 0.988. The van der Waals surface area contributed by atoms with Crippen LogP contribution in [0.5, 0.6) is 0 Å². The van der Waals surface area contributed by atoms with Crippen molar-refractivity contribution in [2.45, 2.75) is 19.9 Å². The summed E-state index contributed by atoms with van der Waals surface area (Å²) in [5, 5.41) is 7.14. The molecule has 1 fully saturated rings. The molecule has 2 heterocycles. The number of benzene rings is 1. The molecule has 1 aliphatic rings. The minimum atomic E-state index is -0.216. The number of nitrogens with zero attached hydrogens (tertiary/aromatic N) is 5. The van der Waals surface area contributed by atoms with Gasteiger partial charge in [0.1, 0.15) is 5.82 Å². The minimum Gasteiger partial charge on any atom is -0.356 e. The Kier molecular flexibility index (Phi) is 6.78. The van der Waals surface area contributed by atoms with Gasteiger partial charge in [-0.1, -0.05) is 11.2 Å². The molecule has 1 N–H and O–H groups in total. The number of aromatic nitrogens is 2. The van der Waals surface area contributed by atoms with Gasteiger partial charge in [0.25, 0.3) is 0 Å². The van der Waals surface area contributed by atoms with Gasteiger partial charge in [-0.05, 0) is 40.5 Å². The Morgan fingerprint density at radius 2 is 2.11 bits per heavy atom. The summed E-state index contributed by atoms with van der Waals surface area (Å²) in [6.45, 7) is 6.80. The summed E-state index contributed by atoms with van der Waals surface area (Å²) in [6, 6.07) is 5.31. The molecule has 1 aromatic heterocycles. The summed E-state index contributed by atoms with van der Waals surface area (Å²) in [5.74, 6) is 1.94. The number of halogens is 2. The van der Waals surface area contributed by atoms with Crippen LogP contribution in [0.2, 0.25) is 0 Å². The highest BCUT2D eigenvalue weighted by Crippen LogP contribution is 2.18. The SMILES string of the molecule is CN=C(NCCc1nc(C)no1)N1CCN(Cc2ccc(Br)c(F)c2)CC1. The van der Waals surface area contributed by atoms with Gasteiger partial charge in [-0.25, -0.2) is 4.39 Å². The largest absolute Gasteiger partial charge is 0.356 e. The average molecular weight is 439 g/mol. The summed E-state index contributed by atoms with van der Waals surface area (Å²) in [6.07, 6.45) is 0.662. The highest BCUT2D eigenvalue weighted by Gasteiger charge is 2.20. The van der Waals surface area contributed by atoms with Gasteiger partial charge >= 0.3 is 0 Å². The van der Waals surface area contributed by atoms with Crippen LogP contribution in [0.4, 0.5) is 4.39 Å². The van der Waals surface area contributed by atoms with Crippen molar-refractivity contribution in [3.05, 3.63) is 45.8 Å². The Hall–Kier alpha value is -2.00. The third-order valence-corrected chi connectivity index (χ3v) is 5.11. The maximum Gasteiger partial charge on any atom is 0.228 e. The van der Waals surface area contributed by atoms with Crippen LogP contribution >= 0.6 is 15.9 Å². The van der Waals surface area contributed by atoms with Gasteiger partial charge in [-0.3, -0.25) is 9.89 Å². The van der Waals surface area contributed by atoms with E-state index in [1.54, 1.807) is 19.2 Å². The zero-order valence-electron chi connectivity index (χ0n) is 15.6. The number of rotatable bonds is 5. The second-order valence-electron chi connectivity index (χ2n) is 6.47. The minimum absolute atomic E-state index is 0.216. The second kappa shape index (κ2) is 9.27. The number of aryl methyl sites for hydroxylation is 1. The lowest BCUT2D eigenvalue weighted by molar-refractivity contribution is 0.172. The molecule has 0 bridgehead atoms. The van der Waals surface area contributed by atoms with Gasteiger partial charge in [0, 0.05) is 52.7 Å². The van der Waals surface area contributed by atoms with Crippen molar-refractivity contribution in [3.63, 3.8) is 0 Å². The quantitative estimate of drug-likeness (QED) is 0.569. The lowest BCUT2D eigenvalue weighted by Crippen LogP contribution is -2.52. The molecule has 2 aromatic rings. The topological polar surface area (TPSA) is 69.8 Å². The molecule has 1 saturated heterocycles. The van der Waals surface area contributed by atoms with Crippen LogP contribution in [0.15, 0.2) is 32.2 Å². The van der Waals surface area contributed by atoms with Crippen molar-refractivity contribution in [1.82, 2.24) is 25.3 Å². The third-order valence-electron chi connectivity index (χ3n) is 4.47. The lowest BCUT2D eigenvalue weighted by atomic mass is 10.2. The molecule has 0 saturated carbocycles. The number of hydrogen-bond acceptors (Lipinski definition) is 5. The third kappa shape index (κ3) is 5.49. The first-order valence-corrected chi connectivity index (χ1v) is 9.75. The highest BCUT2D eigenvalue weighted by molar-refractivity contribution is 9.10. The lowest BCUT2D eigenvalue weighted by Gasteiger charge is -2.36. The van der Waals surface area contributed by atoms with E-state index in [2.05, 4.69) is 46.2 Å². The predicted molar refractivity (Wildman–Crippen MR) is 105 cm³/mol. The molecule has 7 nitrogen and oxygen atoms in total. The van der Waals surface area contributed by atoms with Gasteiger partial charge < -0.3 is 14.7 Å². The molecule has 27 heavy (non-hydrogen) atoms. The zero-order chi connectivity index (χ0) is 19.2. The van der Waals surface area contributed by atoms with Gasteiger partial charge in [0.15, 0.2) is 11.8 Å². The van der Waals surface area contributed by atoms with Crippen molar-refractivity contribution in [2.24, 2.45) is 4.99 Å². The normalized spacial score (nSPS) is 16.0. The van der Waals surface area contributed by atoms with Crippen molar-refractivity contribution in [3.8, 4) is 0 Å². The molecule has 1 aromatic carbocycles. The molecular weight excluding hydrogens is 415 g/mol. The number of hydrogen-bond donors (Lipinski definition) is 1.